The fourth-order valence-corrected chi connectivity index (χ4v) is 4.23. The van der Waals surface area contributed by atoms with Crippen molar-refractivity contribution in [3.8, 4) is 5.75 Å². The van der Waals surface area contributed by atoms with Gasteiger partial charge in [0, 0.05) is 11.3 Å². The highest BCUT2D eigenvalue weighted by Crippen LogP contribution is 2.25. The molecule has 0 unspecified atom stereocenters. The number of likely N-dealkylation sites (N-methyl/N-ethyl adjacent to an activating group) is 1. The fourth-order valence-electron chi connectivity index (χ4n) is 4.23. The number of hydrogen-bond donors (Lipinski definition) is 3. The van der Waals surface area contributed by atoms with E-state index in [9.17, 15) is 4.79 Å². The van der Waals surface area contributed by atoms with Crippen molar-refractivity contribution in [3.63, 3.8) is 0 Å². The van der Waals surface area contributed by atoms with Crippen LogP contribution < -0.4 is 20.7 Å². The molecule has 202 valence electrons. The Labute approximate surface area is 237 Å². The summed E-state index contributed by atoms with van der Waals surface area (Å²) in [6.07, 6.45) is 2.24. The molecule has 7 nitrogen and oxygen atoms in total. The molecule has 3 aromatic rings. The molecule has 0 spiro atoms. The van der Waals surface area contributed by atoms with Crippen LogP contribution in [0.4, 0.5) is 5.69 Å². The Morgan fingerprint density at radius 1 is 0.973 bits per heavy atom. The maximum absolute atomic E-state index is 13.2. The molecule has 0 aliphatic carbocycles. The van der Waals surface area contributed by atoms with Crippen molar-refractivity contribution >= 4 is 65.4 Å². The number of nitrogens with one attached hydrogen (secondary N) is 2. The fraction of sp³-hybridized carbons (Fsp3) is 0.333. The van der Waals surface area contributed by atoms with Gasteiger partial charge in [-0.2, -0.15) is 0 Å². The van der Waals surface area contributed by atoms with Crippen LogP contribution in [0.2, 0.25) is 0 Å². The number of piperidine rings is 1. The predicted molar refractivity (Wildman–Crippen MR) is 159 cm³/mol. The summed E-state index contributed by atoms with van der Waals surface area (Å²) in [6, 6.07) is 19.7. The number of rotatable bonds is 8. The summed E-state index contributed by atoms with van der Waals surface area (Å²) in [6.45, 7) is 2.72. The van der Waals surface area contributed by atoms with Gasteiger partial charge in [0.05, 0.1) is 13.1 Å². The van der Waals surface area contributed by atoms with E-state index in [-0.39, 0.29) is 55.1 Å². The maximum atomic E-state index is 13.2. The van der Waals surface area contributed by atoms with E-state index >= 15 is 0 Å². The second kappa shape index (κ2) is 15.0. The van der Waals surface area contributed by atoms with Gasteiger partial charge in [0.2, 0.25) is 5.91 Å². The minimum atomic E-state index is 0. The predicted octanol–water partition coefficient (Wildman–Crippen LogP) is 4.61. The molecule has 0 aromatic heterocycles. The van der Waals surface area contributed by atoms with Gasteiger partial charge in [-0.05, 0) is 92.8 Å². The molecule has 10 heteroatoms. The Morgan fingerprint density at radius 3 is 2.24 bits per heavy atom. The average Bonchev–Trinajstić information content (AvgIpc) is 2.83. The van der Waals surface area contributed by atoms with Gasteiger partial charge >= 0.3 is 0 Å². The third-order valence-corrected chi connectivity index (χ3v) is 6.05. The Morgan fingerprint density at radius 2 is 1.62 bits per heavy atom. The van der Waals surface area contributed by atoms with Gasteiger partial charge in [0.25, 0.3) is 0 Å². The normalized spacial score (nSPS) is 13.2. The van der Waals surface area contributed by atoms with Crippen molar-refractivity contribution in [3.05, 3.63) is 71.8 Å². The zero-order valence-electron chi connectivity index (χ0n) is 21.1. The molecule has 37 heavy (non-hydrogen) atoms. The molecule has 1 aliphatic heterocycles. The number of halogens is 3. The monoisotopic (exact) mass is 567 g/mol. The largest absolute Gasteiger partial charge is 0.490 e. The maximum Gasteiger partial charge on any atom is 0.241 e. The number of amides is 1. The quantitative estimate of drug-likeness (QED) is 0.272. The van der Waals surface area contributed by atoms with Gasteiger partial charge < -0.3 is 25.6 Å². The van der Waals surface area contributed by atoms with Gasteiger partial charge in [-0.15, -0.1) is 37.2 Å². The van der Waals surface area contributed by atoms with E-state index in [0.717, 1.165) is 53.7 Å². The number of nitrogens with zero attached hydrogens (tertiary/aromatic N) is 2. The third-order valence-electron chi connectivity index (χ3n) is 6.05. The van der Waals surface area contributed by atoms with Crippen LogP contribution in [0.3, 0.4) is 0 Å². The van der Waals surface area contributed by atoms with Gasteiger partial charge in [-0.25, -0.2) is 0 Å². The molecule has 0 bridgehead atoms. The third kappa shape index (κ3) is 8.76. The second-order valence-corrected chi connectivity index (χ2v) is 9.09. The van der Waals surface area contributed by atoms with Crippen LogP contribution in [0.5, 0.6) is 5.75 Å². The number of carbonyl (C=O) groups excluding carboxylic acids is 1. The van der Waals surface area contributed by atoms with E-state index in [2.05, 4.69) is 11.4 Å². The van der Waals surface area contributed by atoms with Crippen molar-refractivity contribution in [2.75, 3.05) is 38.6 Å². The second-order valence-electron chi connectivity index (χ2n) is 9.09. The molecule has 0 atom stereocenters. The first-order valence-electron chi connectivity index (χ1n) is 11.7. The number of nitrogen functional groups attached to an aromatic ring is 1. The first kappa shape index (κ1) is 32.5. The number of carbonyl (C=O) groups is 1. The van der Waals surface area contributed by atoms with E-state index < -0.39 is 0 Å². The smallest absolute Gasteiger partial charge is 0.241 e. The Balaban J connectivity index is 0.00000228. The number of fused-ring (bicyclic) bond motifs is 1. The Bertz CT molecular complexity index is 1170. The van der Waals surface area contributed by atoms with Gasteiger partial charge in [-0.1, -0.05) is 24.3 Å². The van der Waals surface area contributed by atoms with Crippen LogP contribution >= 0.6 is 37.2 Å². The summed E-state index contributed by atoms with van der Waals surface area (Å²) in [5, 5.41) is 13.1. The zero-order valence-corrected chi connectivity index (χ0v) is 23.6. The van der Waals surface area contributed by atoms with Crippen LogP contribution in [0, 0.1) is 5.41 Å². The topological polar surface area (TPSA) is 94.7 Å². The van der Waals surface area contributed by atoms with Crippen molar-refractivity contribution in [1.29, 1.82) is 5.41 Å². The summed E-state index contributed by atoms with van der Waals surface area (Å²) in [5.41, 5.74) is 8.20. The molecule has 1 amide bonds. The van der Waals surface area contributed by atoms with E-state index in [1.807, 2.05) is 78.5 Å². The number of benzene rings is 3. The molecule has 1 heterocycles. The van der Waals surface area contributed by atoms with E-state index in [1.165, 1.54) is 0 Å². The molecule has 1 aliphatic rings. The van der Waals surface area contributed by atoms with Crippen molar-refractivity contribution in [1.82, 2.24) is 10.2 Å². The molecule has 3 aromatic carbocycles. The summed E-state index contributed by atoms with van der Waals surface area (Å²) in [4.78, 5) is 16.9. The first-order valence-corrected chi connectivity index (χ1v) is 11.7. The van der Waals surface area contributed by atoms with Crippen LogP contribution in [0.25, 0.3) is 10.8 Å². The number of hydrogen-bond acceptors (Lipinski definition) is 5. The standard InChI is InChI=1S/C27H33N5O2.3ClH/c1-31(2)18-26(33)32(23-7-9-24(10-8-23)34-25-11-13-30-14-12-25)17-19-3-4-20-5-6-21(27(28)29)16-22(20)15-19;;;/h3-10,15-16,25,30H,11-14,17-18H2,1-2H3,(H3,28,29);3*1H. The van der Waals surface area contributed by atoms with Crippen LogP contribution in [-0.4, -0.2) is 56.5 Å². The van der Waals surface area contributed by atoms with Crippen LogP contribution in [0.15, 0.2) is 60.7 Å². The lowest BCUT2D eigenvalue weighted by Crippen LogP contribution is -2.37. The first-order chi connectivity index (χ1) is 16.4. The molecule has 0 saturated carbocycles. The lowest BCUT2D eigenvalue weighted by molar-refractivity contribution is -0.119. The Kier molecular flexibility index (Phi) is 13.2. The lowest BCUT2D eigenvalue weighted by Gasteiger charge is -2.26. The van der Waals surface area contributed by atoms with Gasteiger partial charge in [0.1, 0.15) is 17.7 Å². The summed E-state index contributed by atoms with van der Waals surface area (Å²) in [5.74, 6) is 0.898. The zero-order chi connectivity index (χ0) is 24.1. The van der Waals surface area contributed by atoms with Crippen LogP contribution in [-0.2, 0) is 11.3 Å². The van der Waals surface area contributed by atoms with Crippen molar-refractivity contribution in [2.45, 2.75) is 25.5 Å². The molecular formula is C27H36Cl3N5O2. The van der Waals surface area contributed by atoms with Crippen molar-refractivity contribution < 1.29 is 9.53 Å². The van der Waals surface area contributed by atoms with Crippen LogP contribution in [0.1, 0.15) is 24.0 Å². The number of nitrogens with two attached hydrogens (primary N) is 1. The molecule has 0 radical (unpaired) electrons. The average molecular weight is 569 g/mol. The number of anilines is 1. The Hall–Kier alpha value is -2.55. The minimum absolute atomic E-state index is 0. The molecular weight excluding hydrogens is 533 g/mol. The van der Waals surface area contributed by atoms with Crippen molar-refractivity contribution in [2.24, 2.45) is 5.73 Å². The molecule has 4 N–H and O–H groups in total. The summed E-state index contributed by atoms with van der Waals surface area (Å²) >= 11 is 0. The molecule has 1 saturated heterocycles. The SMILES string of the molecule is CN(C)CC(=O)N(Cc1ccc2ccc(C(=N)N)cc2c1)c1ccc(OC2CCNCC2)cc1.Cl.Cl.Cl. The molecule has 1 fully saturated rings. The highest BCUT2D eigenvalue weighted by atomic mass is 35.5. The van der Waals surface area contributed by atoms with E-state index in [4.69, 9.17) is 15.9 Å². The molecule has 4 rings (SSSR count). The highest BCUT2D eigenvalue weighted by Gasteiger charge is 2.19. The van der Waals surface area contributed by atoms with Gasteiger partial charge in [-0.3, -0.25) is 10.2 Å². The van der Waals surface area contributed by atoms with Gasteiger partial charge in [0.15, 0.2) is 0 Å². The number of amidine groups is 1. The summed E-state index contributed by atoms with van der Waals surface area (Å²) < 4.78 is 6.13. The number of ether oxygens (including phenoxy) is 1. The lowest BCUT2D eigenvalue weighted by atomic mass is 10.0. The minimum Gasteiger partial charge on any atom is -0.490 e. The summed E-state index contributed by atoms with van der Waals surface area (Å²) in [7, 11) is 3.79. The highest BCUT2D eigenvalue weighted by molar-refractivity contribution is 5.99. The van der Waals surface area contributed by atoms with E-state index in [0.29, 0.717) is 18.7 Å². The van der Waals surface area contributed by atoms with E-state index in [1.54, 1.807) is 0 Å².